The number of nitrogens with zero attached hydrogens (tertiary/aromatic N) is 7. The molecule has 0 aliphatic rings. The molecule has 0 atom stereocenters. The van der Waals surface area contributed by atoms with Crippen molar-refractivity contribution in [1.29, 1.82) is 0 Å². The molecule has 0 saturated heterocycles. The predicted molar refractivity (Wildman–Crippen MR) is 131 cm³/mol. The second-order valence-electron chi connectivity index (χ2n) is 7.62. The van der Waals surface area contributed by atoms with E-state index in [-0.39, 0.29) is 6.01 Å². The van der Waals surface area contributed by atoms with Gasteiger partial charge in [0.25, 0.3) is 0 Å². The molecular formula is C25H20N8O2. The number of nitrogens with two attached hydrogens (primary N) is 1. The fraction of sp³-hybridized carbons (Fsp3) is 0.120. The Hall–Kier alpha value is -5.04. The molecular weight excluding hydrogens is 444 g/mol. The summed E-state index contributed by atoms with van der Waals surface area (Å²) in [5, 5.41) is 0.663. The number of rotatable bonds is 5. The van der Waals surface area contributed by atoms with Gasteiger partial charge >= 0.3 is 6.01 Å². The van der Waals surface area contributed by atoms with Gasteiger partial charge < -0.3 is 19.8 Å². The molecule has 0 unspecified atom stereocenters. The van der Waals surface area contributed by atoms with Crippen LogP contribution in [0.15, 0.2) is 49.2 Å². The van der Waals surface area contributed by atoms with Crippen LogP contribution in [0.5, 0.6) is 17.5 Å². The number of ether oxygens (including phenoxy) is 2. The maximum atomic E-state index is 6.31. The standard InChI is InChI=1S/C25H20N8O2/c1-5-15-10-19(34-4)17(12-28-15)22-20(21-23(26)30-13-31-24(21)33(22)3)18-7-6-16(11-29-18)35-25-27-9-8-14(2)32-25/h1,6-13H,2-4H3,(H2,26,30,31). The largest absolute Gasteiger partial charge is 0.496 e. The Morgan fingerprint density at radius 2 is 1.91 bits per heavy atom. The highest BCUT2D eigenvalue weighted by Crippen LogP contribution is 2.43. The predicted octanol–water partition coefficient (Wildman–Crippen LogP) is 3.56. The highest BCUT2D eigenvalue weighted by molar-refractivity contribution is 6.07. The minimum Gasteiger partial charge on any atom is -0.496 e. The fourth-order valence-corrected chi connectivity index (χ4v) is 3.87. The van der Waals surface area contributed by atoms with Gasteiger partial charge in [-0.15, -0.1) is 6.42 Å². The summed E-state index contributed by atoms with van der Waals surface area (Å²) in [4.78, 5) is 26.1. The molecule has 0 aliphatic carbocycles. The second kappa shape index (κ2) is 8.72. The lowest BCUT2D eigenvalue weighted by molar-refractivity contribution is 0.415. The summed E-state index contributed by atoms with van der Waals surface area (Å²) in [5.41, 5.74) is 11.0. The van der Waals surface area contributed by atoms with E-state index in [9.17, 15) is 0 Å². The molecule has 10 nitrogen and oxygen atoms in total. The van der Waals surface area contributed by atoms with Gasteiger partial charge in [-0.2, -0.15) is 0 Å². The fourth-order valence-electron chi connectivity index (χ4n) is 3.87. The van der Waals surface area contributed by atoms with Crippen LogP contribution in [-0.2, 0) is 7.05 Å². The van der Waals surface area contributed by atoms with Crippen LogP contribution in [0, 0.1) is 19.3 Å². The monoisotopic (exact) mass is 464 g/mol. The lowest BCUT2D eigenvalue weighted by Gasteiger charge is -2.12. The van der Waals surface area contributed by atoms with Crippen molar-refractivity contribution in [3.05, 3.63) is 60.6 Å². The summed E-state index contributed by atoms with van der Waals surface area (Å²) in [6.45, 7) is 1.86. The van der Waals surface area contributed by atoms with Crippen LogP contribution in [0.4, 0.5) is 5.82 Å². The molecule has 172 valence electrons. The summed E-state index contributed by atoms with van der Waals surface area (Å²) in [6.07, 6.45) is 11.9. The summed E-state index contributed by atoms with van der Waals surface area (Å²) in [6, 6.07) is 7.35. The van der Waals surface area contributed by atoms with Crippen molar-refractivity contribution < 1.29 is 9.47 Å². The average Bonchev–Trinajstić information content (AvgIpc) is 3.17. The number of methoxy groups -OCH3 is 1. The molecule has 0 radical (unpaired) electrons. The van der Waals surface area contributed by atoms with Gasteiger partial charge in [0.2, 0.25) is 0 Å². The van der Waals surface area contributed by atoms with Crippen LogP contribution >= 0.6 is 0 Å². The van der Waals surface area contributed by atoms with E-state index in [0.29, 0.717) is 45.3 Å². The van der Waals surface area contributed by atoms with Crippen LogP contribution in [0.2, 0.25) is 0 Å². The number of aromatic nitrogens is 7. The minimum atomic E-state index is 0.243. The Labute approximate surface area is 200 Å². The summed E-state index contributed by atoms with van der Waals surface area (Å²) < 4.78 is 13.3. The number of hydrogen-bond acceptors (Lipinski definition) is 9. The first-order valence-electron chi connectivity index (χ1n) is 10.5. The Morgan fingerprint density at radius 3 is 2.63 bits per heavy atom. The quantitative estimate of drug-likeness (QED) is 0.388. The maximum absolute atomic E-state index is 6.31. The van der Waals surface area contributed by atoms with E-state index in [4.69, 9.17) is 21.6 Å². The van der Waals surface area contributed by atoms with E-state index in [1.54, 1.807) is 43.9 Å². The van der Waals surface area contributed by atoms with Gasteiger partial charge in [-0.1, -0.05) is 5.92 Å². The van der Waals surface area contributed by atoms with E-state index in [1.807, 2.05) is 24.6 Å². The molecule has 0 bridgehead atoms. The van der Waals surface area contributed by atoms with Gasteiger partial charge in [-0.25, -0.2) is 24.9 Å². The third-order valence-corrected chi connectivity index (χ3v) is 5.46. The van der Waals surface area contributed by atoms with Crippen molar-refractivity contribution in [2.24, 2.45) is 7.05 Å². The van der Waals surface area contributed by atoms with E-state index in [1.165, 1.54) is 6.33 Å². The third kappa shape index (κ3) is 3.85. The van der Waals surface area contributed by atoms with Crippen molar-refractivity contribution in [1.82, 2.24) is 34.5 Å². The zero-order valence-electron chi connectivity index (χ0n) is 19.2. The van der Waals surface area contributed by atoms with Gasteiger partial charge in [0, 0.05) is 36.8 Å². The van der Waals surface area contributed by atoms with Crippen LogP contribution in [0.3, 0.4) is 0 Å². The van der Waals surface area contributed by atoms with Crippen molar-refractivity contribution in [3.63, 3.8) is 0 Å². The molecule has 2 N–H and O–H groups in total. The molecule has 5 heterocycles. The molecule has 0 aliphatic heterocycles. The van der Waals surface area contributed by atoms with Crippen LogP contribution in [-0.4, -0.2) is 41.6 Å². The Kier molecular flexibility index (Phi) is 5.43. The SMILES string of the molecule is C#Cc1cc(OC)c(-c2c(-c3ccc(Oc4nccc(C)n4)cn3)c3c(N)ncnc3n2C)cn1. The van der Waals surface area contributed by atoms with Crippen LogP contribution < -0.4 is 15.2 Å². The third-order valence-electron chi connectivity index (χ3n) is 5.46. The lowest BCUT2D eigenvalue weighted by atomic mass is 10.0. The normalized spacial score (nSPS) is 10.8. The van der Waals surface area contributed by atoms with Crippen molar-refractivity contribution in [2.75, 3.05) is 12.8 Å². The number of nitrogen functional groups attached to an aromatic ring is 1. The number of anilines is 1. The molecule has 5 rings (SSSR count). The molecule has 10 heteroatoms. The highest BCUT2D eigenvalue weighted by atomic mass is 16.5. The van der Waals surface area contributed by atoms with Gasteiger partial charge in [-0.3, -0.25) is 4.98 Å². The topological polar surface area (TPSA) is 127 Å². The number of terminal acetylenes is 1. The van der Waals surface area contributed by atoms with Gasteiger partial charge in [0.05, 0.1) is 35.6 Å². The van der Waals surface area contributed by atoms with Crippen molar-refractivity contribution >= 4 is 16.9 Å². The zero-order valence-corrected chi connectivity index (χ0v) is 19.2. The van der Waals surface area contributed by atoms with Crippen molar-refractivity contribution in [2.45, 2.75) is 6.92 Å². The van der Waals surface area contributed by atoms with E-state index >= 15 is 0 Å². The van der Waals surface area contributed by atoms with E-state index in [0.717, 1.165) is 17.0 Å². The number of fused-ring (bicyclic) bond motifs is 1. The number of aryl methyl sites for hydroxylation is 2. The van der Waals surface area contributed by atoms with E-state index in [2.05, 4.69) is 35.8 Å². The number of pyridine rings is 2. The molecule has 5 aromatic rings. The van der Waals surface area contributed by atoms with Crippen molar-refractivity contribution in [3.8, 4) is 52.4 Å². The Morgan fingerprint density at radius 1 is 1.06 bits per heavy atom. The maximum Gasteiger partial charge on any atom is 0.322 e. The molecule has 35 heavy (non-hydrogen) atoms. The molecule has 0 amide bonds. The number of hydrogen-bond donors (Lipinski definition) is 1. The molecule has 0 aromatic carbocycles. The van der Waals surface area contributed by atoms with Crippen LogP contribution in [0.25, 0.3) is 33.5 Å². The van der Waals surface area contributed by atoms with E-state index < -0.39 is 0 Å². The minimum absolute atomic E-state index is 0.243. The molecule has 5 aromatic heterocycles. The van der Waals surface area contributed by atoms with Gasteiger partial charge in [0.15, 0.2) is 0 Å². The first-order valence-corrected chi connectivity index (χ1v) is 10.5. The summed E-state index contributed by atoms with van der Waals surface area (Å²) in [5.74, 6) is 3.91. The molecule has 0 fully saturated rings. The first-order chi connectivity index (χ1) is 17.0. The zero-order chi connectivity index (χ0) is 24.5. The summed E-state index contributed by atoms with van der Waals surface area (Å²) in [7, 11) is 3.46. The second-order valence-corrected chi connectivity index (χ2v) is 7.62. The first kappa shape index (κ1) is 21.8. The van der Waals surface area contributed by atoms with Gasteiger partial charge in [-0.05, 0) is 25.1 Å². The Balaban J connectivity index is 1.69. The highest BCUT2D eigenvalue weighted by Gasteiger charge is 2.25. The lowest BCUT2D eigenvalue weighted by Crippen LogP contribution is -1.99. The van der Waals surface area contributed by atoms with Crippen LogP contribution in [0.1, 0.15) is 11.4 Å². The van der Waals surface area contributed by atoms with Gasteiger partial charge in [0.1, 0.15) is 35.0 Å². The smallest absolute Gasteiger partial charge is 0.322 e. The Bertz CT molecular complexity index is 1600. The molecule has 0 spiro atoms. The summed E-state index contributed by atoms with van der Waals surface area (Å²) >= 11 is 0. The molecule has 0 saturated carbocycles. The average molecular weight is 464 g/mol.